The van der Waals surface area contributed by atoms with Gasteiger partial charge in [0.15, 0.2) is 5.78 Å². The van der Waals surface area contributed by atoms with E-state index in [4.69, 9.17) is 11.5 Å². The fourth-order valence-corrected chi connectivity index (χ4v) is 8.08. The van der Waals surface area contributed by atoms with Gasteiger partial charge in [-0.05, 0) is 104 Å². The molecule has 1 heterocycles. The Hall–Kier alpha value is -3.83. The number of ketones is 1. The number of nitrogens with zero attached hydrogens (tertiary/aromatic N) is 1. The number of unbranched alkanes of at least 4 members (excludes halogenated alkanes) is 1. The van der Waals surface area contributed by atoms with E-state index in [-0.39, 0.29) is 42.9 Å². The number of halogens is 1. The van der Waals surface area contributed by atoms with Crippen LogP contribution in [-0.4, -0.2) is 54.7 Å². The molecule has 266 valence electrons. The van der Waals surface area contributed by atoms with E-state index in [1.807, 2.05) is 37.3 Å². The van der Waals surface area contributed by atoms with E-state index >= 15 is 0 Å². The van der Waals surface area contributed by atoms with Crippen molar-refractivity contribution in [2.75, 3.05) is 20.1 Å². The normalized spacial score (nSPS) is 20.4. The monoisotopic (exact) mass is 699 g/mol. The molecule has 8 nitrogen and oxygen atoms in total. The average Bonchev–Trinajstić information content (AvgIpc) is 3.52. The van der Waals surface area contributed by atoms with Crippen molar-refractivity contribution in [2.24, 2.45) is 17.4 Å². The van der Waals surface area contributed by atoms with Crippen LogP contribution in [-0.2, 0) is 33.9 Å². The maximum atomic E-state index is 14.6. The van der Waals surface area contributed by atoms with Crippen molar-refractivity contribution < 1.29 is 18.8 Å². The van der Waals surface area contributed by atoms with Gasteiger partial charge in [0.2, 0.25) is 11.8 Å². The molecular formula is C40H50FN5O3S. The Bertz CT molecular complexity index is 1710. The molecule has 1 aliphatic carbocycles. The lowest BCUT2D eigenvalue weighted by Crippen LogP contribution is -2.50. The van der Waals surface area contributed by atoms with Gasteiger partial charge in [0.1, 0.15) is 11.9 Å². The van der Waals surface area contributed by atoms with E-state index in [9.17, 15) is 18.8 Å². The second-order valence-electron chi connectivity index (χ2n) is 13.4. The summed E-state index contributed by atoms with van der Waals surface area (Å²) in [5.41, 5.74) is 17.7. The molecule has 5 rings (SSSR count). The van der Waals surface area contributed by atoms with Gasteiger partial charge in [-0.25, -0.2) is 4.39 Å². The van der Waals surface area contributed by atoms with Crippen molar-refractivity contribution in [1.29, 1.82) is 0 Å². The smallest absolute Gasteiger partial charge is 0.243 e. The Labute approximate surface area is 299 Å². The maximum Gasteiger partial charge on any atom is 0.243 e. The molecule has 0 saturated carbocycles. The Kier molecular flexibility index (Phi) is 13.4. The fourth-order valence-electron chi connectivity index (χ4n) is 6.96. The summed E-state index contributed by atoms with van der Waals surface area (Å²) in [5.74, 6) is -1.57. The van der Waals surface area contributed by atoms with Crippen LogP contribution in [0.25, 0.3) is 5.57 Å². The minimum Gasteiger partial charge on any atom is -0.350 e. The van der Waals surface area contributed by atoms with Crippen LogP contribution in [0.2, 0.25) is 0 Å². The Morgan fingerprint density at radius 2 is 1.68 bits per heavy atom. The van der Waals surface area contributed by atoms with Crippen molar-refractivity contribution in [2.45, 2.75) is 93.3 Å². The molecule has 3 aromatic rings. The Morgan fingerprint density at radius 3 is 2.48 bits per heavy atom. The lowest BCUT2D eigenvalue weighted by Gasteiger charge is -2.32. The van der Waals surface area contributed by atoms with Crippen molar-refractivity contribution in [3.05, 3.63) is 100 Å². The number of hydrogen-bond donors (Lipinski definition) is 4. The number of nitrogens with two attached hydrogens (primary N) is 2. The summed E-state index contributed by atoms with van der Waals surface area (Å²) in [6.45, 7) is 3.44. The molecule has 50 heavy (non-hydrogen) atoms. The van der Waals surface area contributed by atoms with Gasteiger partial charge in [-0.2, -0.15) is 0 Å². The van der Waals surface area contributed by atoms with Crippen LogP contribution in [0.1, 0.15) is 72.8 Å². The second-order valence-corrected chi connectivity index (χ2v) is 14.5. The number of carbonyl (C=O) groups excluding carboxylic acids is 3. The number of amides is 2. The van der Waals surface area contributed by atoms with Gasteiger partial charge in [0.05, 0.1) is 6.04 Å². The number of allylic oxidation sites excluding steroid dienone is 1. The quantitative estimate of drug-likeness (QED) is 0.212. The van der Waals surface area contributed by atoms with Gasteiger partial charge in [-0.3, -0.25) is 14.4 Å². The Morgan fingerprint density at radius 1 is 0.900 bits per heavy atom. The van der Waals surface area contributed by atoms with E-state index in [1.165, 1.54) is 29.5 Å². The lowest BCUT2D eigenvalue weighted by atomic mass is 9.90. The topological polar surface area (TPSA) is 131 Å². The number of aryl methyl sites for hydroxylation is 1. The van der Waals surface area contributed by atoms with E-state index in [2.05, 4.69) is 28.8 Å². The largest absolute Gasteiger partial charge is 0.350 e. The van der Waals surface area contributed by atoms with Gasteiger partial charge >= 0.3 is 0 Å². The first kappa shape index (κ1) is 37.4. The molecule has 6 N–H and O–H groups in total. The van der Waals surface area contributed by atoms with E-state index in [1.54, 1.807) is 18.0 Å². The zero-order valence-corrected chi connectivity index (χ0v) is 30.0. The molecule has 10 heteroatoms. The number of hydrogen-bond acceptors (Lipinski definition) is 7. The first-order chi connectivity index (χ1) is 24.2. The molecule has 0 aromatic heterocycles. The number of Topliss-reactive ketones (excluding diaryl/α,β-unsaturated/α-hetero) is 1. The average molecular weight is 700 g/mol. The van der Waals surface area contributed by atoms with Gasteiger partial charge < -0.3 is 27.0 Å². The van der Waals surface area contributed by atoms with Crippen LogP contribution in [0, 0.1) is 18.7 Å². The zero-order chi connectivity index (χ0) is 35.6. The highest BCUT2D eigenvalue weighted by Crippen LogP contribution is 2.36. The van der Waals surface area contributed by atoms with Crippen LogP contribution in [0.5, 0.6) is 0 Å². The number of benzene rings is 3. The minimum atomic E-state index is -0.793. The van der Waals surface area contributed by atoms with Crippen molar-refractivity contribution in [3.8, 4) is 0 Å². The molecule has 3 aromatic carbocycles. The molecule has 0 unspecified atom stereocenters. The van der Waals surface area contributed by atoms with Crippen LogP contribution in [0.15, 0.2) is 76.5 Å². The first-order valence-electron chi connectivity index (χ1n) is 17.7. The number of fused-ring (bicyclic) bond motifs is 3. The van der Waals surface area contributed by atoms with Crippen LogP contribution in [0.4, 0.5) is 4.39 Å². The predicted molar refractivity (Wildman–Crippen MR) is 198 cm³/mol. The third-order valence-electron chi connectivity index (χ3n) is 9.87. The standard InChI is InChI=1S/C40H50FN5O3S/c1-26-9-7-12-30-24-45-39(48)35(22-28-16-15-27-10-3-4-13-33(27)28)46(2)40(49)29(11-5-6-19-42)23-36(47)34(14-8-20-43)44-25-31-21-32(41)17-18-37(31)50-38(26)30/h3-4,7,9-10,12-13,16-18,21,29,34-35,44H,5-6,8,11,14-15,19-20,22-25,42-43H2,1-2H3,(H,45,48)/t29-,34+,35+/m1/s1. The molecule has 2 amide bonds. The first-order valence-corrected chi connectivity index (χ1v) is 18.5. The number of likely N-dealkylation sites (N-methyl/N-ethyl adjacent to an activating group) is 1. The molecule has 3 atom stereocenters. The van der Waals surface area contributed by atoms with Crippen LogP contribution in [0.3, 0.4) is 0 Å². The summed E-state index contributed by atoms with van der Waals surface area (Å²) in [7, 11) is 1.69. The van der Waals surface area contributed by atoms with Crippen LogP contribution < -0.4 is 22.1 Å². The summed E-state index contributed by atoms with van der Waals surface area (Å²) < 4.78 is 14.6. The molecule has 1 aliphatic heterocycles. The molecular weight excluding hydrogens is 650 g/mol. The number of rotatable bonds is 9. The molecule has 0 radical (unpaired) electrons. The van der Waals surface area contributed by atoms with E-state index < -0.39 is 18.0 Å². The second kappa shape index (κ2) is 17.9. The van der Waals surface area contributed by atoms with E-state index in [0.717, 1.165) is 50.5 Å². The van der Waals surface area contributed by atoms with Crippen molar-refractivity contribution in [3.63, 3.8) is 0 Å². The third-order valence-corrected chi connectivity index (χ3v) is 11.3. The lowest BCUT2D eigenvalue weighted by molar-refractivity contribution is -0.143. The highest BCUT2D eigenvalue weighted by atomic mass is 32.2. The SMILES string of the molecule is Cc1cccc2c1Sc1ccc(F)cc1CN[C@@H](CCCN)C(=O)C[C@@H](CCCCN)C(=O)N(C)[C@@H](CC1=CCc3ccccc31)C(=O)NC2. The number of carbonyl (C=O) groups is 3. The maximum absolute atomic E-state index is 14.6. The number of nitrogens with one attached hydrogen (secondary N) is 2. The Balaban J connectivity index is 1.55. The summed E-state index contributed by atoms with van der Waals surface area (Å²) in [5, 5.41) is 6.56. The van der Waals surface area contributed by atoms with Gasteiger partial charge in [0.25, 0.3) is 0 Å². The van der Waals surface area contributed by atoms with Gasteiger partial charge in [0, 0.05) is 48.7 Å². The van der Waals surface area contributed by atoms with Gasteiger partial charge in [-0.1, -0.05) is 66.7 Å². The summed E-state index contributed by atoms with van der Waals surface area (Å²) in [4.78, 5) is 46.1. The third kappa shape index (κ3) is 9.28. The molecule has 2 aliphatic rings. The van der Waals surface area contributed by atoms with Crippen molar-refractivity contribution >= 4 is 34.9 Å². The molecule has 0 fully saturated rings. The van der Waals surface area contributed by atoms with Gasteiger partial charge in [-0.15, -0.1) is 0 Å². The van der Waals surface area contributed by atoms with E-state index in [0.29, 0.717) is 45.2 Å². The van der Waals surface area contributed by atoms with Crippen molar-refractivity contribution in [1.82, 2.24) is 15.5 Å². The minimum absolute atomic E-state index is 0.0191. The molecule has 0 spiro atoms. The highest BCUT2D eigenvalue weighted by Gasteiger charge is 2.35. The van der Waals surface area contributed by atoms with Crippen LogP contribution >= 0.6 is 11.8 Å². The zero-order valence-electron chi connectivity index (χ0n) is 29.2. The highest BCUT2D eigenvalue weighted by molar-refractivity contribution is 7.99. The fraction of sp³-hybridized carbons (Fsp3) is 0.425. The summed E-state index contributed by atoms with van der Waals surface area (Å²) in [6, 6.07) is 17.5. The predicted octanol–water partition coefficient (Wildman–Crippen LogP) is 5.67. The summed E-state index contributed by atoms with van der Waals surface area (Å²) >= 11 is 1.52. The molecule has 0 saturated heterocycles. The summed E-state index contributed by atoms with van der Waals surface area (Å²) in [6.07, 6.45) is 6.29. The molecule has 0 bridgehead atoms.